The molecule has 1 fully saturated rings. The number of carbonyl (C=O) groups is 2. The van der Waals surface area contributed by atoms with Crippen LogP contribution in [-0.4, -0.2) is 50.6 Å². The number of nitrogens with zero attached hydrogens (tertiary/aromatic N) is 2. The van der Waals surface area contributed by atoms with Crippen molar-refractivity contribution in [1.29, 1.82) is 0 Å². The number of likely N-dealkylation sites (tertiary alicyclic amines) is 1. The Morgan fingerprint density at radius 3 is 2.52 bits per heavy atom. The smallest absolute Gasteiger partial charge is 0.350 e. The van der Waals surface area contributed by atoms with Gasteiger partial charge < -0.3 is 14.5 Å². The van der Waals surface area contributed by atoms with E-state index in [0.717, 1.165) is 31.5 Å². The van der Waals surface area contributed by atoms with Crippen LogP contribution in [0.2, 0.25) is 4.34 Å². The minimum atomic E-state index is -0.449. The molecule has 2 rings (SSSR count). The van der Waals surface area contributed by atoms with Gasteiger partial charge in [-0.2, -0.15) is 0 Å². The predicted molar refractivity (Wildman–Crippen MR) is 93.7 cm³/mol. The van der Waals surface area contributed by atoms with Crippen molar-refractivity contribution in [2.45, 2.75) is 26.7 Å². The van der Waals surface area contributed by atoms with E-state index in [9.17, 15) is 9.59 Å². The Kier molecular flexibility index (Phi) is 6.06. The number of hydrogen-bond acceptors (Lipinski definition) is 5. The molecule has 0 aliphatic carbocycles. The number of anilines is 1. The summed E-state index contributed by atoms with van der Waals surface area (Å²) >= 11 is 7.38. The Labute approximate surface area is 146 Å². The van der Waals surface area contributed by atoms with Crippen LogP contribution in [0.5, 0.6) is 0 Å². The molecule has 1 aromatic heterocycles. The largest absolute Gasteiger partial charge is 0.465 e. The molecule has 0 spiro atoms. The lowest BCUT2D eigenvalue weighted by atomic mass is 9.96. The van der Waals surface area contributed by atoms with Crippen LogP contribution < -0.4 is 4.90 Å². The van der Waals surface area contributed by atoms with Gasteiger partial charge in [-0.25, -0.2) is 4.79 Å². The zero-order chi connectivity index (χ0) is 17.1. The van der Waals surface area contributed by atoms with Crippen LogP contribution in [-0.2, 0) is 9.53 Å². The minimum Gasteiger partial charge on any atom is -0.465 e. The number of esters is 1. The Bertz CT molecular complexity index is 594. The minimum absolute atomic E-state index is 0.0772. The van der Waals surface area contributed by atoms with Gasteiger partial charge in [0.2, 0.25) is 5.91 Å². The molecule has 0 radical (unpaired) electrons. The monoisotopic (exact) mass is 358 g/mol. The Morgan fingerprint density at radius 2 is 2.00 bits per heavy atom. The number of methoxy groups -OCH3 is 1. The number of piperidine rings is 1. The van der Waals surface area contributed by atoms with E-state index in [1.165, 1.54) is 25.4 Å². The van der Waals surface area contributed by atoms with Crippen LogP contribution in [0.1, 0.15) is 35.0 Å². The van der Waals surface area contributed by atoms with Crippen LogP contribution in [0.3, 0.4) is 0 Å². The lowest BCUT2D eigenvalue weighted by Gasteiger charge is -2.33. The number of carbonyl (C=O) groups excluding carboxylic acids is 2. The zero-order valence-electron chi connectivity index (χ0n) is 14.0. The summed E-state index contributed by atoms with van der Waals surface area (Å²) in [6.45, 7) is 6.04. The average Bonchev–Trinajstić information content (AvgIpc) is 2.81. The first-order valence-electron chi connectivity index (χ1n) is 7.69. The Balaban J connectivity index is 2.31. The normalized spacial score (nSPS) is 16.4. The summed E-state index contributed by atoms with van der Waals surface area (Å²) < 4.78 is 5.37. The second-order valence-electron chi connectivity index (χ2n) is 6.05. The van der Waals surface area contributed by atoms with Gasteiger partial charge in [-0.15, -0.1) is 11.3 Å². The quantitative estimate of drug-likeness (QED) is 0.775. The summed E-state index contributed by atoms with van der Waals surface area (Å²) in [5.41, 5.74) is 1.37. The molecule has 5 nitrogen and oxygen atoms in total. The molecular formula is C16H23ClN2O3S. The highest BCUT2D eigenvalue weighted by Gasteiger charge is 2.29. The standard InChI is InChI=1S/C16H23ClN2O3S/c1-10-13(14(16(21)22-4)23-15(10)17)19(11(2)20)9-12-5-7-18(3)8-6-12/h12H,5-9H2,1-4H3. The maximum Gasteiger partial charge on any atom is 0.350 e. The van der Waals surface area contributed by atoms with E-state index in [2.05, 4.69) is 11.9 Å². The van der Waals surface area contributed by atoms with Gasteiger partial charge in [0.1, 0.15) is 4.88 Å². The van der Waals surface area contributed by atoms with Crippen molar-refractivity contribution >= 4 is 40.5 Å². The molecule has 128 valence electrons. The van der Waals surface area contributed by atoms with E-state index in [1.54, 1.807) is 4.90 Å². The summed E-state index contributed by atoms with van der Waals surface area (Å²) in [7, 11) is 3.45. The van der Waals surface area contributed by atoms with Crippen molar-refractivity contribution < 1.29 is 14.3 Å². The van der Waals surface area contributed by atoms with Crippen LogP contribution in [0.25, 0.3) is 0 Å². The first kappa shape index (κ1) is 18.2. The molecule has 23 heavy (non-hydrogen) atoms. The molecule has 2 heterocycles. The molecule has 1 aromatic rings. The summed E-state index contributed by atoms with van der Waals surface area (Å²) in [5, 5.41) is 0. The predicted octanol–water partition coefficient (Wildman–Crippen LogP) is 3.19. The summed E-state index contributed by atoms with van der Waals surface area (Å²) in [5.74, 6) is -0.0973. The molecule has 0 atom stereocenters. The van der Waals surface area contributed by atoms with Crippen LogP contribution in [0.4, 0.5) is 5.69 Å². The first-order chi connectivity index (χ1) is 10.8. The highest BCUT2D eigenvalue weighted by Crippen LogP contribution is 2.40. The summed E-state index contributed by atoms with van der Waals surface area (Å²) in [6.07, 6.45) is 2.09. The molecule has 0 aromatic carbocycles. The van der Waals surface area contributed by atoms with Crippen molar-refractivity contribution in [3.8, 4) is 0 Å². The second-order valence-corrected chi connectivity index (χ2v) is 7.67. The van der Waals surface area contributed by atoms with Crippen molar-refractivity contribution in [2.24, 2.45) is 5.92 Å². The molecular weight excluding hydrogens is 336 g/mol. The molecule has 7 heteroatoms. The van der Waals surface area contributed by atoms with E-state index < -0.39 is 5.97 Å². The van der Waals surface area contributed by atoms with Crippen molar-refractivity contribution in [3.63, 3.8) is 0 Å². The lowest BCUT2D eigenvalue weighted by molar-refractivity contribution is -0.116. The van der Waals surface area contributed by atoms with Crippen molar-refractivity contribution in [3.05, 3.63) is 14.8 Å². The molecule has 1 aliphatic rings. The Morgan fingerprint density at radius 1 is 1.39 bits per heavy atom. The molecule has 0 N–H and O–H groups in total. The van der Waals surface area contributed by atoms with Crippen LogP contribution >= 0.6 is 22.9 Å². The molecule has 1 saturated heterocycles. The van der Waals surface area contributed by atoms with Gasteiger partial charge in [0.05, 0.1) is 17.1 Å². The number of amides is 1. The van der Waals surface area contributed by atoms with E-state index in [0.29, 0.717) is 27.4 Å². The number of rotatable bonds is 4. The second kappa shape index (κ2) is 7.64. The number of halogens is 1. The molecule has 1 aliphatic heterocycles. The van der Waals surface area contributed by atoms with Gasteiger partial charge in [0, 0.05) is 19.0 Å². The molecule has 0 saturated carbocycles. The van der Waals surface area contributed by atoms with Crippen molar-refractivity contribution in [2.75, 3.05) is 38.7 Å². The van der Waals surface area contributed by atoms with Gasteiger partial charge >= 0.3 is 5.97 Å². The fourth-order valence-corrected chi connectivity index (χ4v) is 4.19. The van der Waals surface area contributed by atoms with E-state index in [-0.39, 0.29) is 5.91 Å². The maximum atomic E-state index is 12.2. The van der Waals surface area contributed by atoms with Gasteiger partial charge in [0.25, 0.3) is 0 Å². The van der Waals surface area contributed by atoms with E-state index in [1.807, 2.05) is 6.92 Å². The fraction of sp³-hybridized carbons (Fsp3) is 0.625. The number of ether oxygens (including phenoxy) is 1. The van der Waals surface area contributed by atoms with E-state index >= 15 is 0 Å². The number of thiophene rings is 1. The Hall–Kier alpha value is -1.11. The van der Waals surface area contributed by atoms with Gasteiger partial charge in [-0.05, 0) is 45.8 Å². The topological polar surface area (TPSA) is 49.9 Å². The van der Waals surface area contributed by atoms with Gasteiger partial charge in [0.15, 0.2) is 0 Å². The zero-order valence-corrected chi connectivity index (χ0v) is 15.6. The van der Waals surface area contributed by atoms with Crippen molar-refractivity contribution in [1.82, 2.24) is 4.90 Å². The van der Waals surface area contributed by atoms with Gasteiger partial charge in [-0.1, -0.05) is 11.6 Å². The first-order valence-corrected chi connectivity index (χ1v) is 8.88. The molecule has 0 bridgehead atoms. The SMILES string of the molecule is COC(=O)c1sc(Cl)c(C)c1N(CC1CCN(C)CC1)C(C)=O. The maximum absolute atomic E-state index is 12.2. The molecule has 0 unspecified atom stereocenters. The summed E-state index contributed by atoms with van der Waals surface area (Å²) in [6, 6.07) is 0. The highest BCUT2D eigenvalue weighted by molar-refractivity contribution is 7.18. The van der Waals surface area contributed by atoms with Crippen LogP contribution in [0.15, 0.2) is 0 Å². The van der Waals surface area contributed by atoms with Crippen LogP contribution in [0, 0.1) is 12.8 Å². The lowest BCUT2D eigenvalue weighted by Crippen LogP contribution is -2.39. The third kappa shape index (κ3) is 4.05. The summed E-state index contributed by atoms with van der Waals surface area (Å²) in [4.78, 5) is 28.7. The number of hydrogen-bond donors (Lipinski definition) is 0. The average molecular weight is 359 g/mol. The fourth-order valence-electron chi connectivity index (χ4n) is 2.91. The third-order valence-corrected chi connectivity index (χ3v) is 5.92. The third-order valence-electron chi connectivity index (χ3n) is 4.36. The highest BCUT2D eigenvalue weighted by atomic mass is 35.5. The van der Waals surface area contributed by atoms with Gasteiger partial charge in [-0.3, -0.25) is 4.79 Å². The molecule has 1 amide bonds. The van der Waals surface area contributed by atoms with E-state index in [4.69, 9.17) is 16.3 Å².